The number of hydrogen-bond donors (Lipinski definition) is 2. The first kappa shape index (κ1) is 13.5. The van der Waals surface area contributed by atoms with E-state index in [4.69, 9.17) is 5.73 Å². The smallest absolute Gasteiger partial charge is 0.261 e. The van der Waals surface area contributed by atoms with E-state index in [0.29, 0.717) is 5.69 Å². The molecule has 0 saturated heterocycles. The number of nitrogens with one attached hydrogen (secondary N) is 1. The molecule has 1 aliphatic rings. The minimum absolute atomic E-state index is 0.254. The summed E-state index contributed by atoms with van der Waals surface area (Å²) in [5, 5.41) is 2.52. The highest BCUT2D eigenvalue weighted by atomic mass is 19.1. The van der Waals surface area contributed by atoms with Crippen LogP contribution in [0.5, 0.6) is 0 Å². The van der Waals surface area contributed by atoms with E-state index >= 15 is 0 Å². The molecular weight excluding hydrogens is 274 g/mol. The lowest BCUT2D eigenvalue weighted by Gasteiger charge is -2.10. The predicted octanol–water partition coefficient (Wildman–Crippen LogP) is 3.29. The Morgan fingerprint density at radius 2 is 1.86 bits per heavy atom. The van der Waals surface area contributed by atoms with Crippen molar-refractivity contribution in [2.75, 3.05) is 11.1 Å². The molecule has 3 nitrogen and oxygen atoms in total. The average molecular weight is 288 g/mol. The van der Waals surface area contributed by atoms with Gasteiger partial charge in [-0.3, -0.25) is 4.79 Å². The molecule has 0 heterocycles. The Bertz CT molecular complexity index is 728. The zero-order chi connectivity index (χ0) is 15.0. The summed E-state index contributed by atoms with van der Waals surface area (Å²) in [6, 6.07) is 7.60. The number of amides is 1. The molecule has 2 aromatic rings. The molecule has 0 saturated carbocycles. The Morgan fingerprint density at radius 1 is 1.10 bits per heavy atom. The van der Waals surface area contributed by atoms with E-state index in [1.807, 2.05) is 12.1 Å². The largest absolute Gasteiger partial charge is 0.396 e. The van der Waals surface area contributed by atoms with Gasteiger partial charge in [0.25, 0.3) is 5.91 Å². The monoisotopic (exact) mass is 288 g/mol. The van der Waals surface area contributed by atoms with Gasteiger partial charge in [0.1, 0.15) is 11.4 Å². The van der Waals surface area contributed by atoms with E-state index in [2.05, 4.69) is 5.32 Å². The first-order chi connectivity index (χ1) is 10.1. The third kappa shape index (κ3) is 2.46. The zero-order valence-electron chi connectivity index (χ0n) is 11.2. The van der Waals surface area contributed by atoms with Gasteiger partial charge >= 0.3 is 0 Å². The van der Waals surface area contributed by atoms with Crippen LogP contribution in [-0.4, -0.2) is 5.91 Å². The molecule has 0 aromatic heterocycles. The molecule has 3 rings (SSSR count). The summed E-state index contributed by atoms with van der Waals surface area (Å²) in [6.07, 6.45) is 3.08. The molecule has 2 aromatic carbocycles. The van der Waals surface area contributed by atoms with Crippen molar-refractivity contribution >= 4 is 17.3 Å². The zero-order valence-corrected chi connectivity index (χ0v) is 11.2. The Labute approximate surface area is 120 Å². The highest BCUT2D eigenvalue weighted by Crippen LogP contribution is 2.26. The summed E-state index contributed by atoms with van der Waals surface area (Å²) in [7, 11) is 0. The third-order valence-corrected chi connectivity index (χ3v) is 3.70. The first-order valence-electron chi connectivity index (χ1n) is 6.73. The maximum Gasteiger partial charge on any atom is 0.261 e. The van der Waals surface area contributed by atoms with Crippen molar-refractivity contribution in [2.24, 2.45) is 0 Å². The van der Waals surface area contributed by atoms with Gasteiger partial charge in [-0.2, -0.15) is 0 Å². The van der Waals surface area contributed by atoms with Gasteiger partial charge < -0.3 is 11.1 Å². The van der Waals surface area contributed by atoms with Crippen LogP contribution in [0.3, 0.4) is 0 Å². The van der Waals surface area contributed by atoms with E-state index in [1.165, 1.54) is 11.1 Å². The van der Waals surface area contributed by atoms with Crippen LogP contribution in [0.25, 0.3) is 0 Å². The van der Waals surface area contributed by atoms with E-state index in [1.54, 1.807) is 6.07 Å². The van der Waals surface area contributed by atoms with Gasteiger partial charge in [0.15, 0.2) is 5.82 Å². The fourth-order valence-corrected chi connectivity index (χ4v) is 2.62. The summed E-state index contributed by atoms with van der Waals surface area (Å²) in [5.74, 6) is -2.80. The molecule has 0 radical (unpaired) electrons. The molecule has 0 fully saturated rings. The normalized spacial score (nSPS) is 13.0. The van der Waals surface area contributed by atoms with Crippen LogP contribution in [-0.2, 0) is 12.8 Å². The molecule has 0 bridgehead atoms. The Hall–Kier alpha value is -2.43. The molecule has 3 N–H and O–H groups in total. The highest BCUT2D eigenvalue weighted by Gasteiger charge is 2.20. The number of carbonyl (C=O) groups excluding carboxylic acids is 1. The number of halogens is 2. The SMILES string of the molecule is Nc1ccc(F)c(C(=O)Nc2ccc3c(c2)CCC3)c1F. The second-order valence-corrected chi connectivity index (χ2v) is 5.12. The minimum atomic E-state index is -1.03. The maximum absolute atomic E-state index is 13.8. The van der Waals surface area contributed by atoms with Crippen LogP contribution in [0.4, 0.5) is 20.2 Å². The lowest BCUT2D eigenvalue weighted by molar-refractivity contribution is 0.101. The predicted molar refractivity (Wildman–Crippen MR) is 77.2 cm³/mol. The number of benzene rings is 2. The maximum atomic E-state index is 13.8. The van der Waals surface area contributed by atoms with Gasteiger partial charge in [0, 0.05) is 5.69 Å². The van der Waals surface area contributed by atoms with E-state index in [-0.39, 0.29) is 5.69 Å². The fraction of sp³-hybridized carbons (Fsp3) is 0.188. The van der Waals surface area contributed by atoms with Crippen LogP contribution in [0.2, 0.25) is 0 Å². The van der Waals surface area contributed by atoms with E-state index in [9.17, 15) is 13.6 Å². The van der Waals surface area contributed by atoms with Crippen molar-refractivity contribution in [1.29, 1.82) is 0 Å². The number of aryl methyl sites for hydroxylation is 2. The molecule has 0 atom stereocenters. The van der Waals surface area contributed by atoms with Gasteiger partial charge in [-0.05, 0) is 54.7 Å². The topological polar surface area (TPSA) is 55.1 Å². The number of fused-ring (bicyclic) bond motifs is 1. The van der Waals surface area contributed by atoms with Crippen LogP contribution < -0.4 is 11.1 Å². The second-order valence-electron chi connectivity index (χ2n) is 5.12. The molecular formula is C16H14F2N2O. The summed E-state index contributed by atoms with van der Waals surface area (Å²) < 4.78 is 27.5. The van der Waals surface area contributed by atoms with Gasteiger partial charge in [0.05, 0.1) is 5.69 Å². The van der Waals surface area contributed by atoms with Crippen molar-refractivity contribution in [3.63, 3.8) is 0 Å². The second kappa shape index (κ2) is 5.16. The van der Waals surface area contributed by atoms with Crippen LogP contribution >= 0.6 is 0 Å². The number of hydrogen-bond acceptors (Lipinski definition) is 2. The summed E-state index contributed by atoms with van der Waals surface area (Å²) in [6.45, 7) is 0. The van der Waals surface area contributed by atoms with Gasteiger partial charge in [0.2, 0.25) is 0 Å². The quantitative estimate of drug-likeness (QED) is 0.833. The Kier molecular flexibility index (Phi) is 3.33. The van der Waals surface area contributed by atoms with Crippen molar-refractivity contribution < 1.29 is 13.6 Å². The number of rotatable bonds is 2. The Morgan fingerprint density at radius 3 is 2.67 bits per heavy atom. The standard InChI is InChI=1S/C16H14F2N2O/c17-12-6-7-13(19)15(18)14(12)16(21)20-11-5-4-9-2-1-3-10(9)8-11/h4-8H,1-3,19H2,(H,20,21). The number of nitrogens with two attached hydrogens (primary N) is 1. The minimum Gasteiger partial charge on any atom is -0.396 e. The van der Waals surface area contributed by atoms with Gasteiger partial charge in [-0.1, -0.05) is 6.07 Å². The van der Waals surface area contributed by atoms with Crippen molar-refractivity contribution in [3.05, 3.63) is 58.7 Å². The van der Waals surface area contributed by atoms with Crippen molar-refractivity contribution in [1.82, 2.24) is 0 Å². The van der Waals surface area contributed by atoms with Crippen molar-refractivity contribution in [3.8, 4) is 0 Å². The molecule has 21 heavy (non-hydrogen) atoms. The van der Waals surface area contributed by atoms with Gasteiger partial charge in [-0.15, -0.1) is 0 Å². The number of anilines is 2. The average Bonchev–Trinajstić information content (AvgIpc) is 2.91. The Balaban J connectivity index is 1.89. The lowest BCUT2D eigenvalue weighted by atomic mass is 10.1. The lowest BCUT2D eigenvalue weighted by Crippen LogP contribution is -2.17. The molecule has 1 amide bonds. The summed E-state index contributed by atoms with van der Waals surface area (Å²) in [4.78, 5) is 12.1. The molecule has 108 valence electrons. The van der Waals surface area contributed by atoms with Crippen LogP contribution in [0, 0.1) is 11.6 Å². The van der Waals surface area contributed by atoms with Crippen molar-refractivity contribution in [2.45, 2.75) is 19.3 Å². The summed E-state index contributed by atoms with van der Waals surface area (Å²) >= 11 is 0. The molecule has 0 aliphatic heterocycles. The van der Waals surface area contributed by atoms with Crippen LogP contribution in [0.1, 0.15) is 27.9 Å². The number of nitrogen functional groups attached to an aromatic ring is 1. The third-order valence-electron chi connectivity index (χ3n) is 3.70. The van der Waals surface area contributed by atoms with Gasteiger partial charge in [-0.25, -0.2) is 8.78 Å². The molecule has 0 unspecified atom stereocenters. The summed E-state index contributed by atoms with van der Waals surface area (Å²) in [5.41, 5.74) is 7.42. The molecule has 1 aliphatic carbocycles. The first-order valence-corrected chi connectivity index (χ1v) is 6.73. The fourth-order valence-electron chi connectivity index (χ4n) is 2.62. The highest BCUT2D eigenvalue weighted by molar-refractivity contribution is 6.05. The molecule has 0 spiro atoms. The van der Waals surface area contributed by atoms with Crippen LogP contribution in [0.15, 0.2) is 30.3 Å². The van der Waals surface area contributed by atoms with E-state index < -0.39 is 23.1 Å². The molecule has 5 heteroatoms. The van der Waals surface area contributed by atoms with E-state index in [0.717, 1.165) is 31.4 Å². The number of carbonyl (C=O) groups is 1.